The van der Waals surface area contributed by atoms with Gasteiger partial charge in [0.1, 0.15) is 11.6 Å². The Hall–Kier alpha value is -3.07. The van der Waals surface area contributed by atoms with Gasteiger partial charge < -0.3 is 14.5 Å². The summed E-state index contributed by atoms with van der Waals surface area (Å²) in [4.78, 5) is 33.3. The van der Waals surface area contributed by atoms with E-state index >= 15 is 0 Å². The van der Waals surface area contributed by atoms with Crippen LogP contribution in [0, 0.1) is 0 Å². The van der Waals surface area contributed by atoms with Crippen molar-refractivity contribution >= 4 is 34.7 Å². The van der Waals surface area contributed by atoms with E-state index in [1.165, 1.54) is 15.3 Å². The zero-order valence-corrected chi connectivity index (χ0v) is 17.3. The highest BCUT2D eigenvalue weighted by Gasteiger charge is 2.29. The number of ether oxygens (including phenoxy) is 1. The lowest BCUT2D eigenvalue weighted by Crippen LogP contribution is -2.36. The van der Waals surface area contributed by atoms with E-state index < -0.39 is 0 Å². The monoisotopic (exact) mass is 428 g/mol. The van der Waals surface area contributed by atoms with Crippen molar-refractivity contribution in [3.8, 4) is 5.75 Å². The molecule has 5 rings (SSSR count). The Morgan fingerprint density at radius 2 is 2.00 bits per heavy atom. The third-order valence-corrected chi connectivity index (χ3v) is 5.99. The van der Waals surface area contributed by atoms with Crippen LogP contribution in [0.25, 0.3) is 5.65 Å². The number of carbonyl (C=O) groups is 1. The molecule has 0 radical (unpaired) electrons. The van der Waals surface area contributed by atoms with Crippen molar-refractivity contribution < 1.29 is 9.53 Å². The molecule has 1 saturated heterocycles. The van der Waals surface area contributed by atoms with Gasteiger partial charge in [0.05, 0.1) is 12.1 Å². The van der Waals surface area contributed by atoms with Gasteiger partial charge in [-0.05, 0) is 25.3 Å². The Morgan fingerprint density at radius 3 is 2.80 bits per heavy atom. The van der Waals surface area contributed by atoms with Crippen LogP contribution in [0.4, 0.5) is 11.5 Å². The first-order chi connectivity index (χ1) is 14.5. The highest BCUT2D eigenvalue weighted by molar-refractivity contribution is 6.35. The largest absolute Gasteiger partial charge is 0.486 e. The van der Waals surface area contributed by atoms with Gasteiger partial charge in [0.25, 0.3) is 5.91 Å². The van der Waals surface area contributed by atoms with Crippen LogP contribution in [-0.2, 0) is 7.05 Å². The predicted molar refractivity (Wildman–Crippen MR) is 112 cm³/mol. The van der Waals surface area contributed by atoms with Crippen LogP contribution >= 0.6 is 11.6 Å². The number of aryl methyl sites for hydroxylation is 1. The number of hydrogen-bond donors (Lipinski definition) is 0. The van der Waals surface area contributed by atoms with Gasteiger partial charge in [-0.3, -0.25) is 9.20 Å². The zero-order chi connectivity index (χ0) is 20.8. The lowest BCUT2D eigenvalue weighted by molar-refractivity contribution is 0.0723. The van der Waals surface area contributed by atoms with Crippen molar-refractivity contribution in [1.82, 2.24) is 24.1 Å². The van der Waals surface area contributed by atoms with Crippen molar-refractivity contribution in [1.29, 1.82) is 0 Å². The fourth-order valence-corrected chi connectivity index (χ4v) is 4.30. The summed E-state index contributed by atoms with van der Waals surface area (Å²) in [7, 11) is 1.61. The molecule has 10 heteroatoms. The molecule has 30 heavy (non-hydrogen) atoms. The van der Waals surface area contributed by atoms with E-state index in [1.54, 1.807) is 13.2 Å². The Balaban J connectivity index is 1.52. The van der Waals surface area contributed by atoms with E-state index in [2.05, 4.69) is 10.1 Å². The number of hydrogen-bond acceptors (Lipinski definition) is 6. The maximum atomic E-state index is 12.9. The molecule has 0 spiro atoms. The molecule has 0 aliphatic carbocycles. The zero-order valence-electron chi connectivity index (χ0n) is 16.5. The minimum absolute atomic E-state index is 0.106. The summed E-state index contributed by atoms with van der Waals surface area (Å²) < 4.78 is 8.58. The molecule has 0 atom stereocenters. The fourth-order valence-electron chi connectivity index (χ4n) is 4.03. The van der Waals surface area contributed by atoms with Crippen molar-refractivity contribution in [2.24, 2.45) is 7.05 Å². The second-order valence-electron chi connectivity index (χ2n) is 7.51. The van der Waals surface area contributed by atoms with Gasteiger partial charge in [-0.2, -0.15) is 5.10 Å². The van der Waals surface area contributed by atoms with Gasteiger partial charge in [0.15, 0.2) is 17.2 Å². The number of halogens is 1. The summed E-state index contributed by atoms with van der Waals surface area (Å²) in [6.07, 6.45) is 6.37. The molecule has 1 amide bonds. The maximum absolute atomic E-state index is 12.9. The fraction of sp³-hybridized carbons (Fsp3) is 0.400. The molecule has 156 valence electrons. The number of likely N-dealkylation sites (tertiary alicyclic amines) is 1. The van der Waals surface area contributed by atoms with Gasteiger partial charge in [0, 0.05) is 44.3 Å². The van der Waals surface area contributed by atoms with Crippen LogP contribution in [0.2, 0.25) is 5.02 Å². The normalized spacial score (nSPS) is 16.5. The standard InChI is InChI=1S/C20H21ClN6O3/c1-24-20(29)27-8-5-13(11-15(27)23-24)26-9-10-30-17-16(21)14(12-22-18(17)26)19(28)25-6-3-2-4-7-25/h5,8,11-12H,2-4,6-7,9-10H2,1H3. The minimum Gasteiger partial charge on any atom is -0.486 e. The van der Waals surface area contributed by atoms with Crippen molar-refractivity contribution in [2.75, 3.05) is 31.1 Å². The summed E-state index contributed by atoms with van der Waals surface area (Å²) in [6.45, 7) is 2.43. The van der Waals surface area contributed by atoms with E-state index in [4.69, 9.17) is 16.3 Å². The second-order valence-corrected chi connectivity index (χ2v) is 7.89. The van der Waals surface area contributed by atoms with Crippen molar-refractivity contribution in [3.63, 3.8) is 0 Å². The van der Waals surface area contributed by atoms with Crippen LogP contribution in [0.15, 0.2) is 29.3 Å². The molecule has 0 N–H and O–H groups in total. The van der Waals surface area contributed by atoms with E-state index in [0.717, 1.165) is 38.0 Å². The molecule has 3 aromatic heterocycles. The average Bonchev–Trinajstić information content (AvgIpc) is 3.07. The van der Waals surface area contributed by atoms with Crippen molar-refractivity contribution in [2.45, 2.75) is 19.3 Å². The summed E-state index contributed by atoms with van der Waals surface area (Å²) in [5.74, 6) is 0.845. The summed E-state index contributed by atoms with van der Waals surface area (Å²) in [5, 5.41) is 4.53. The molecule has 1 fully saturated rings. The number of rotatable bonds is 2. The molecule has 0 aromatic carbocycles. The molecule has 3 aromatic rings. The number of pyridine rings is 2. The van der Waals surface area contributed by atoms with Gasteiger partial charge in [-0.25, -0.2) is 14.5 Å². The first kappa shape index (κ1) is 18.9. The van der Waals surface area contributed by atoms with Crippen LogP contribution in [-0.4, -0.2) is 56.2 Å². The highest BCUT2D eigenvalue weighted by Crippen LogP contribution is 2.41. The Bertz CT molecular complexity index is 1200. The Kier molecular flexibility index (Phi) is 4.62. The third-order valence-electron chi connectivity index (χ3n) is 5.61. The molecule has 2 aliphatic heterocycles. The topological polar surface area (TPSA) is 85.0 Å². The smallest absolute Gasteiger partial charge is 0.350 e. The van der Waals surface area contributed by atoms with Gasteiger partial charge in [-0.15, -0.1) is 0 Å². The van der Waals surface area contributed by atoms with E-state index in [1.807, 2.05) is 21.9 Å². The number of aromatic nitrogens is 4. The number of anilines is 2. The molecular formula is C20H21ClN6O3. The molecule has 0 saturated carbocycles. The van der Waals surface area contributed by atoms with Crippen LogP contribution in [0.1, 0.15) is 29.6 Å². The molecule has 0 unspecified atom stereocenters. The van der Waals surface area contributed by atoms with E-state index in [0.29, 0.717) is 35.9 Å². The Labute approximate surface area is 177 Å². The second kappa shape index (κ2) is 7.32. The SMILES string of the molecule is Cn1nc2cc(N3CCOc4c3ncc(C(=O)N3CCCCC3)c4Cl)ccn2c1=O. The Morgan fingerprint density at radius 1 is 1.20 bits per heavy atom. The molecule has 2 aliphatic rings. The summed E-state index contributed by atoms with van der Waals surface area (Å²) in [6, 6.07) is 3.65. The van der Waals surface area contributed by atoms with Gasteiger partial charge in [0.2, 0.25) is 0 Å². The molecule has 9 nitrogen and oxygen atoms in total. The maximum Gasteiger partial charge on any atom is 0.350 e. The average molecular weight is 429 g/mol. The lowest BCUT2D eigenvalue weighted by atomic mass is 10.1. The van der Waals surface area contributed by atoms with Crippen LogP contribution < -0.4 is 15.3 Å². The first-order valence-electron chi connectivity index (χ1n) is 9.98. The minimum atomic E-state index is -0.207. The predicted octanol–water partition coefficient (Wildman–Crippen LogP) is 2.24. The van der Waals surface area contributed by atoms with E-state index in [9.17, 15) is 9.59 Å². The number of nitrogens with zero attached hydrogens (tertiary/aromatic N) is 6. The van der Waals surface area contributed by atoms with Crippen molar-refractivity contribution in [3.05, 3.63) is 45.6 Å². The molecule has 0 bridgehead atoms. The summed E-state index contributed by atoms with van der Waals surface area (Å²) in [5.41, 5.74) is 1.51. The molecular weight excluding hydrogens is 408 g/mol. The van der Waals surface area contributed by atoms with Gasteiger partial charge >= 0.3 is 5.69 Å². The number of fused-ring (bicyclic) bond motifs is 2. The highest BCUT2D eigenvalue weighted by atomic mass is 35.5. The number of amides is 1. The number of carbonyl (C=O) groups excluding carboxylic acids is 1. The lowest BCUT2D eigenvalue weighted by Gasteiger charge is -2.32. The quantitative estimate of drug-likeness (QED) is 0.622. The molecule has 5 heterocycles. The first-order valence-corrected chi connectivity index (χ1v) is 10.4. The van der Waals surface area contributed by atoms with Crippen LogP contribution in [0.3, 0.4) is 0 Å². The number of piperidine rings is 1. The van der Waals surface area contributed by atoms with Crippen LogP contribution in [0.5, 0.6) is 5.75 Å². The van der Waals surface area contributed by atoms with E-state index in [-0.39, 0.29) is 16.6 Å². The third kappa shape index (κ3) is 3.00. The van der Waals surface area contributed by atoms with Gasteiger partial charge in [-0.1, -0.05) is 11.6 Å². The summed E-state index contributed by atoms with van der Waals surface area (Å²) >= 11 is 6.61.